The molecule has 21 heavy (non-hydrogen) atoms. The normalized spacial score (nSPS) is 11.0. The Labute approximate surface area is 122 Å². The first-order valence-electron chi connectivity index (χ1n) is 6.99. The number of hydrogen-bond acceptors (Lipinski definition) is 4. The van der Waals surface area contributed by atoms with Crippen molar-refractivity contribution >= 4 is 16.9 Å². The van der Waals surface area contributed by atoms with Gasteiger partial charge in [-0.2, -0.15) is 0 Å². The molecule has 1 N–H and O–H groups in total. The monoisotopic (exact) mass is 289 g/mol. The Morgan fingerprint density at radius 1 is 1.33 bits per heavy atom. The minimum Gasteiger partial charge on any atom is -0.506 e. The molecule has 112 valence electrons. The van der Waals surface area contributed by atoms with Crippen LogP contribution in [0.1, 0.15) is 31.1 Å². The summed E-state index contributed by atoms with van der Waals surface area (Å²) in [5, 5.41) is 10.7. The van der Waals surface area contributed by atoms with Gasteiger partial charge in [-0.15, -0.1) is 0 Å². The Balaban J connectivity index is 2.81. The number of aromatic nitrogens is 1. The Bertz CT molecular complexity index is 731. The average molecular weight is 289 g/mol. The predicted molar refractivity (Wildman–Crippen MR) is 80.7 cm³/mol. The van der Waals surface area contributed by atoms with Gasteiger partial charge >= 0.3 is 5.97 Å². The quantitative estimate of drug-likeness (QED) is 0.878. The second kappa shape index (κ2) is 5.99. The molecule has 0 aliphatic rings. The first-order chi connectivity index (χ1) is 9.97. The average Bonchev–Trinajstić information content (AvgIpc) is 2.44. The summed E-state index contributed by atoms with van der Waals surface area (Å²) in [6, 6.07) is 6.99. The molecule has 0 aliphatic carbocycles. The maximum Gasteiger partial charge on any atom is 0.347 e. The van der Waals surface area contributed by atoms with E-state index in [-0.39, 0.29) is 23.8 Å². The maximum absolute atomic E-state index is 12.6. The lowest BCUT2D eigenvalue weighted by atomic mass is 10.1. The summed E-state index contributed by atoms with van der Waals surface area (Å²) in [5.41, 5.74) is -0.198. The van der Waals surface area contributed by atoms with Crippen molar-refractivity contribution < 1.29 is 14.6 Å². The molecule has 0 amide bonds. The SMILES string of the molecule is CCOC(=O)c1c(O)c2ccccc2n(CC(C)C)c1=O. The molecular formula is C16H19NO4. The van der Waals surface area contributed by atoms with E-state index >= 15 is 0 Å². The number of aromatic hydroxyl groups is 1. The Kier molecular flexibility index (Phi) is 4.31. The van der Waals surface area contributed by atoms with E-state index in [1.807, 2.05) is 13.8 Å². The molecule has 2 aromatic rings. The summed E-state index contributed by atoms with van der Waals surface area (Å²) in [6.07, 6.45) is 0. The molecule has 1 heterocycles. The molecule has 0 atom stereocenters. The highest BCUT2D eigenvalue weighted by atomic mass is 16.5. The Hall–Kier alpha value is -2.30. The first kappa shape index (κ1) is 15.1. The number of benzene rings is 1. The lowest BCUT2D eigenvalue weighted by Crippen LogP contribution is -2.29. The van der Waals surface area contributed by atoms with Crippen LogP contribution in [0.15, 0.2) is 29.1 Å². The van der Waals surface area contributed by atoms with Gasteiger partial charge in [0.25, 0.3) is 5.56 Å². The highest BCUT2D eigenvalue weighted by Gasteiger charge is 2.23. The molecule has 1 aromatic carbocycles. The van der Waals surface area contributed by atoms with E-state index in [1.54, 1.807) is 31.2 Å². The summed E-state index contributed by atoms with van der Waals surface area (Å²) in [6.45, 7) is 6.24. The summed E-state index contributed by atoms with van der Waals surface area (Å²) in [5.74, 6) is -0.872. The van der Waals surface area contributed by atoms with E-state index in [4.69, 9.17) is 4.74 Å². The number of pyridine rings is 1. The largest absolute Gasteiger partial charge is 0.506 e. The number of rotatable bonds is 4. The Morgan fingerprint density at radius 2 is 2.00 bits per heavy atom. The van der Waals surface area contributed by atoms with Gasteiger partial charge < -0.3 is 14.4 Å². The third-order valence-electron chi connectivity index (χ3n) is 3.17. The Morgan fingerprint density at radius 3 is 2.62 bits per heavy atom. The number of nitrogens with zero attached hydrogens (tertiary/aromatic N) is 1. The van der Waals surface area contributed by atoms with Gasteiger partial charge in [0.2, 0.25) is 0 Å². The number of carbonyl (C=O) groups is 1. The van der Waals surface area contributed by atoms with Gasteiger partial charge in [-0.1, -0.05) is 26.0 Å². The van der Waals surface area contributed by atoms with E-state index in [2.05, 4.69) is 0 Å². The molecule has 1 aromatic heterocycles. The van der Waals surface area contributed by atoms with Crippen LogP contribution < -0.4 is 5.56 Å². The molecule has 0 radical (unpaired) electrons. The van der Waals surface area contributed by atoms with Crippen LogP contribution in [0.4, 0.5) is 0 Å². The molecule has 5 heteroatoms. The van der Waals surface area contributed by atoms with Gasteiger partial charge in [-0.3, -0.25) is 4.79 Å². The van der Waals surface area contributed by atoms with Gasteiger partial charge in [0.1, 0.15) is 5.75 Å². The van der Waals surface area contributed by atoms with E-state index in [9.17, 15) is 14.7 Å². The fourth-order valence-corrected chi connectivity index (χ4v) is 2.32. The molecule has 2 rings (SSSR count). The van der Waals surface area contributed by atoms with Crippen LogP contribution in [-0.2, 0) is 11.3 Å². The van der Waals surface area contributed by atoms with E-state index in [0.29, 0.717) is 17.4 Å². The lowest BCUT2D eigenvalue weighted by Gasteiger charge is -2.15. The molecule has 0 aliphatic heterocycles. The molecule has 0 unspecified atom stereocenters. The van der Waals surface area contributed by atoms with Crippen LogP contribution in [0.5, 0.6) is 5.75 Å². The number of fused-ring (bicyclic) bond motifs is 1. The van der Waals surface area contributed by atoms with E-state index in [1.165, 1.54) is 4.57 Å². The predicted octanol–water partition coefficient (Wildman–Crippen LogP) is 2.54. The lowest BCUT2D eigenvalue weighted by molar-refractivity contribution is 0.0520. The first-order valence-corrected chi connectivity index (χ1v) is 6.99. The van der Waals surface area contributed by atoms with Crippen LogP contribution in [0.3, 0.4) is 0 Å². The molecule has 0 bridgehead atoms. The highest BCUT2D eigenvalue weighted by molar-refractivity contribution is 5.99. The molecule has 0 saturated heterocycles. The zero-order chi connectivity index (χ0) is 15.6. The number of para-hydroxylation sites is 1. The van der Waals surface area contributed by atoms with Crippen molar-refractivity contribution in [3.63, 3.8) is 0 Å². The van der Waals surface area contributed by atoms with Crippen molar-refractivity contribution in [2.24, 2.45) is 5.92 Å². The van der Waals surface area contributed by atoms with Gasteiger partial charge in [0.15, 0.2) is 5.56 Å². The second-order valence-electron chi connectivity index (χ2n) is 5.27. The summed E-state index contributed by atoms with van der Waals surface area (Å²) < 4.78 is 6.41. The van der Waals surface area contributed by atoms with Crippen molar-refractivity contribution in [1.29, 1.82) is 0 Å². The van der Waals surface area contributed by atoms with Gasteiger partial charge in [0, 0.05) is 11.9 Å². The van der Waals surface area contributed by atoms with Crippen LogP contribution in [0.25, 0.3) is 10.9 Å². The maximum atomic E-state index is 12.6. The van der Waals surface area contributed by atoms with Crippen molar-refractivity contribution in [3.8, 4) is 5.75 Å². The third kappa shape index (κ3) is 2.77. The standard InChI is InChI=1S/C16H19NO4/c1-4-21-16(20)13-14(18)11-7-5-6-8-12(11)17(15(13)19)9-10(2)3/h5-8,10,18H,4,9H2,1-3H3. The zero-order valence-corrected chi connectivity index (χ0v) is 12.4. The third-order valence-corrected chi connectivity index (χ3v) is 3.17. The number of esters is 1. The van der Waals surface area contributed by atoms with Gasteiger partial charge in [0.05, 0.1) is 12.1 Å². The number of ether oxygens (including phenoxy) is 1. The van der Waals surface area contributed by atoms with Crippen molar-refractivity contribution in [2.75, 3.05) is 6.61 Å². The topological polar surface area (TPSA) is 68.5 Å². The minimum atomic E-state index is -0.789. The van der Waals surface area contributed by atoms with E-state index < -0.39 is 11.5 Å². The number of carbonyl (C=O) groups excluding carboxylic acids is 1. The van der Waals surface area contributed by atoms with Crippen molar-refractivity contribution in [2.45, 2.75) is 27.3 Å². The van der Waals surface area contributed by atoms with Crippen LogP contribution in [0, 0.1) is 5.92 Å². The molecule has 0 saturated carbocycles. The number of hydrogen-bond donors (Lipinski definition) is 1. The summed E-state index contributed by atoms with van der Waals surface area (Å²) in [4.78, 5) is 24.5. The summed E-state index contributed by atoms with van der Waals surface area (Å²) in [7, 11) is 0. The van der Waals surface area contributed by atoms with Crippen LogP contribution in [-0.4, -0.2) is 22.2 Å². The van der Waals surface area contributed by atoms with Gasteiger partial charge in [-0.25, -0.2) is 4.79 Å². The van der Waals surface area contributed by atoms with Crippen LogP contribution in [0.2, 0.25) is 0 Å². The van der Waals surface area contributed by atoms with Crippen molar-refractivity contribution in [3.05, 3.63) is 40.2 Å². The molecule has 5 nitrogen and oxygen atoms in total. The van der Waals surface area contributed by atoms with E-state index in [0.717, 1.165) is 0 Å². The van der Waals surface area contributed by atoms with Gasteiger partial charge in [-0.05, 0) is 25.0 Å². The summed E-state index contributed by atoms with van der Waals surface area (Å²) >= 11 is 0. The zero-order valence-electron chi connectivity index (χ0n) is 12.4. The molecule has 0 spiro atoms. The minimum absolute atomic E-state index is 0.148. The second-order valence-corrected chi connectivity index (χ2v) is 5.27. The fourth-order valence-electron chi connectivity index (χ4n) is 2.32. The fraction of sp³-hybridized carbons (Fsp3) is 0.375. The van der Waals surface area contributed by atoms with Crippen molar-refractivity contribution in [1.82, 2.24) is 4.57 Å². The van der Waals surface area contributed by atoms with Crippen LogP contribution >= 0.6 is 0 Å². The highest BCUT2D eigenvalue weighted by Crippen LogP contribution is 2.27. The molecule has 0 fully saturated rings. The molecular weight excluding hydrogens is 270 g/mol. The smallest absolute Gasteiger partial charge is 0.347 e.